The highest BCUT2D eigenvalue weighted by atomic mass is 16.7. The van der Waals surface area contributed by atoms with Crippen molar-refractivity contribution in [1.29, 1.82) is 0 Å². The van der Waals surface area contributed by atoms with E-state index in [4.69, 9.17) is 4.84 Å². The number of aryl methyl sites for hydroxylation is 1. The fourth-order valence-electron chi connectivity index (χ4n) is 1.90. The maximum Gasteiger partial charge on any atom is 0.0813 e. The molecule has 17 heavy (non-hydrogen) atoms. The Morgan fingerprint density at radius 2 is 1.94 bits per heavy atom. The van der Waals surface area contributed by atoms with Crippen molar-refractivity contribution < 1.29 is 4.84 Å². The highest BCUT2D eigenvalue weighted by molar-refractivity contribution is 5.83. The summed E-state index contributed by atoms with van der Waals surface area (Å²) < 4.78 is 2.14. The largest absolute Gasteiger partial charge is 0.350 e. The van der Waals surface area contributed by atoms with Gasteiger partial charge in [-0.25, -0.2) is 0 Å². The van der Waals surface area contributed by atoms with E-state index in [2.05, 4.69) is 47.6 Å². The number of fused-ring (bicyclic) bond motifs is 1. The third-order valence-corrected chi connectivity index (χ3v) is 2.62. The monoisotopic (exact) mass is 232 g/mol. The zero-order valence-electron chi connectivity index (χ0n) is 10.9. The average Bonchev–Trinajstić information content (AvgIpc) is 2.55. The Kier molecular flexibility index (Phi) is 3.22. The fraction of sp³-hybridized carbons (Fsp3) is 0.429. The van der Waals surface area contributed by atoms with Gasteiger partial charge in [0.25, 0.3) is 0 Å². The zero-order chi connectivity index (χ0) is 12.5. The zero-order valence-corrected chi connectivity index (χ0v) is 10.9. The van der Waals surface area contributed by atoms with Gasteiger partial charge in [-0.05, 0) is 32.4 Å². The molecule has 2 aromatic rings. The second-order valence-electron chi connectivity index (χ2n) is 5.32. The normalized spacial score (nSPS) is 12.2. The molecule has 3 heteroatoms. The van der Waals surface area contributed by atoms with Crippen LogP contribution >= 0.6 is 0 Å². The molecule has 0 spiro atoms. The molecule has 0 bridgehead atoms. The van der Waals surface area contributed by atoms with Crippen molar-refractivity contribution in [2.24, 2.45) is 7.05 Å². The van der Waals surface area contributed by atoms with Gasteiger partial charge in [0.05, 0.1) is 5.60 Å². The molecule has 0 aliphatic carbocycles. The van der Waals surface area contributed by atoms with E-state index in [0.717, 1.165) is 6.54 Å². The van der Waals surface area contributed by atoms with Gasteiger partial charge in [0.1, 0.15) is 0 Å². The van der Waals surface area contributed by atoms with Crippen molar-refractivity contribution in [1.82, 2.24) is 10.0 Å². The van der Waals surface area contributed by atoms with E-state index >= 15 is 0 Å². The summed E-state index contributed by atoms with van der Waals surface area (Å²) in [5, 5.41) is 1.28. The first-order chi connectivity index (χ1) is 7.97. The van der Waals surface area contributed by atoms with Gasteiger partial charge in [0.2, 0.25) is 0 Å². The standard InChI is InChI=1S/C14H20N2O/c1-14(2,3)17-15-9-11-10-16(4)13-8-6-5-7-12(11)13/h5-8,10,15H,9H2,1-4H3. The third kappa shape index (κ3) is 2.87. The first-order valence-electron chi connectivity index (χ1n) is 5.91. The first kappa shape index (κ1) is 12.1. The number of nitrogens with zero attached hydrogens (tertiary/aromatic N) is 1. The van der Waals surface area contributed by atoms with Crippen LogP contribution in [-0.4, -0.2) is 10.2 Å². The predicted octanol–water partition coefficient (Wildman–Crippen LogP) is 3.00. The summed E-state index contributed by atoms with van der Waals surface area (Å²) in [6.07, 6.45) is 2.14. The number of hydrogen-bond donors (Lipinski definition) is 1. The quantitative estimate of drug-likeness (QED) is 0.823. The number of para-hydroxylation sites is 1. The Morgan fingerprint density at radius 1 is 1.24 bits per heavy atom. The maximum atomic E-state index is 5.53. The van der Waals surface area contributed by atoms with Crippen LogP contribution in [0.4, 0.5) is 0 Å². The molecule has 0 amide bonds. The average molecular weight is 232 g/mol. The van der Waals surface area contributed by atoms with Gasteiger partial charge in [-0.3, -0.25) is 4.84 Å². The van der Waals surface area contributed by atoms with Gasteiger partial charge in [-0.2, -0.15) is 5.48 Å². The fourth-order valence-corrected chi connectivity index (χ4v) is 1.90. The van der Waals surface area contributed by atoms with Crippen molar-refractivity contribution in [3.8, 4) is 0 Å². The molecule has 1 aromatic heterocycles. The lowest BCUT2D eigenvalue weighted by Crippen LogP contribution is -2.28. The Hall–Kier alpha value is -1.32. The molecule has 0 aliphatic rings. The van der Waals surface area contributed by atoms with E-state index in [-0.39, 0.29) is 5.60 Å². The Balaban J connectivity index is 2.14. The lowest BCUT2D eigenvalue weighted by molar-refractivity contribution is -0.0756. The molecular formula is C14H20N2O. The van der Waals surface area contributed by atoms with Crippen molar-refractivity contribution in [3.05, 3.63) is 36.0 Å². The number of aromatic nitrogens is 1. The van der Waals surface area contributed by atoms with Gasteiger partial charge in [-0.15, -0.1) is 0 Å². The molecule has 1 heterocycles. The third-order valence-electron chi connectivity index (χ3n) is 2.62. The number of benzene rings is 1. The first-order valence-corrected chi connectivity index (χ1v) is 5.91. The van der Waals surface area contributed by atoms with Crippen LogP contribution in [0.15, 0.2) is 30.5 Å². The van der Waals surface area contributed by atoms with Crippen LogP contribution in [0.1, 0.15) is 26.3 Å². The van der Waals surface area contributed by atoms with E-state index in [1.54, 1.807) is 0 Å². The van der Waals surface area contributed by atoms with Gasteiger partial charge in [-0.1, -0.05) is 18.2 Å². The SMILES string of the molecule is Cn1cc(CNOC(C)(C)C)c2ccccc21. The number of rotatable bonds is 3. The Labute approximate surface area is 102 Å². The van der Waals surface area contributed by atoms with Crippen LogP contribution in [-0.2, 0) is 18.4 Å². The summed E-state index contributed by atoms with van der Waals surface area (Å²) in [4.78, 5) is 5.53. The molecule has 92 valence electrons. The van der Waals surface area contributed by atoms with Gasteiger partial charge in [0, 0.05) is 30.7 Å². The molecule has 3 nitrogen and oxygen atoms in total. The second kappa shape index (κ2) is 4.51. The van der Waals surface area contributed by atoms with Crippen molar-refractivity contribution in [2.45, 2.75) is 32.9 Å². The van der Waals surface area contributed by atoms with Crippen molar-refractivity contribution in [2.75, 3.05) is 0 Å². The minimum absolute atomic E-state index is 0.162. The predicted molar refractivity (Wildman–Crippen MR) is 70.6 cm³/mol. The lowest BCUT2D eigenvalue weighted by Gasteiger charge is -2.19. The van der Waals surface area contributed by atoms with Gasteiger partial charge >= 0.3 is 0 Å². The number of nitrogens with one attached hydrogen (secondary N) is 1. The summed E-state index contributed by atoms with van der Waals surface area (Å²) in [6, 6.07) is 8.40. The van der Waals surface area contributed by atoms with Crippen molar-refractivity contribution in [3.63, 3.8) is 0 Å². The van der Waals surface area contributed by atoms with Crippen LogP contribution in [0.5, 0.6) is 0 Å². The highest BCUT2D eigenvalue weighted by Crippen LogP contribution is 2.20. The van der Waals surface area contributed by atoms with E-state index in [9.17, 15) is 0 Å². The van der Waals surface area contributed by atoms with Crippen LogP contribution in [0.25, 0.3) is 10.9 Å². The van der Waals surface area contributed by atoms with E-state index in [1.165, 1.54) is 16.5 Å². The second-order valence-corrected chi connectivity index (χ2v) is 5.32. The molecule has 0 unspecified atom stereocenters. The molecule has 0 saturated heterocycles. The molecule has 1 N–H and O–H groups in total. The van der Waals surface area contributed by atoms with Gasteiger partial charge in [0.15, 0.2) is 0 Å². The summed E-state index contributed by atoms with van der Waals surface area (Å²) in [7, 11) is 2.07. The maximum absolute atomic E-state index is 5.53. The number of hydrogen-bond acceptors (Lipinski definition) is 2. The summed E-state index contributed by atoms with van der Waals surface area (Å²) in [6.45, 7) is 6.81. The van der Waals surface area contributed by atoms with Crippen LogP contribution in [0, 0.1) is 0 Å². The highest BCUT2D eigenvalue weighted by Gasteiger charge is 2.11. The molecule has 0 aliphatic heterocycles. The molecule has 0 fully saturated rings. The molecule has 1 aromatic carbocycles. The molecular weight excluding hydrogens is 212 g/mol. The smallest absolute Gasteiger partial charge is 0.0813 e. The topological polar surface area (TPSA) is 26.2 Å². The summed E-state index contributed by atoms with van der Waals surface area (Å²) >= 11 is 0. The van der Waals surface area contributed by atoms with E-state index in [1.807, 2.05) is 20.8 Å². The number of hydroxylamine groups is 1. The van der Waals surface area contributed by atoms with Gasteiger partial charge < -0.3 is 4.57 Å². The lowest BCUT2D eigenvalue weighted by atomic mass is 10.2. The molecule has 0 saturated carbocycles. The summed E-state index contributed by atoms with van der Waals surface area (Å²) in [5.74, 6) is 0. The Bertz CT molecular complexity index is 508. The molecule has 0 radical (unpaired) electrons. The minimum Gasteiger partial charge on any atom is -0.350 e. The molecule has 2 rings (SSSR count). The minimum atomic E-state index is -0.162. The summed E-state index contributed by atoms with van der Waals surface area (Å²) in [5.41, 5.74) is 5.38. The van der Waals surface area contributed by atoms with E-state index < -0.39 is 0 Å². The van der Waals surface area contributed by atoms with Crippen LogP contribution in [0.3, 0.4) is 0 Å². The van der Waals surface area contributed by atoms with Crippen LogP contribution in [0.2, 0.25) is 0 Å². The van der Waals surface area contributed by atoms with E-state index in [0.29, 0.717) is 0 Å². The molecule has 0 atom stereocenters. The van der Waals surface area contributed by atoms with Crippen molar-refractivity contribution >= 4 is 10.9 Å². The van der Waals surface area contributed by atoms with Crippen LogP contribution < -0.4 is 5.48 Å². The Morgan fingerprint density at radius 3 is 2.65 bits per heavy atom.